The highest BCUT2D eigenvalue weighted by atomic mass is 14.4. The largest absolute Gasteiger partial charge is 0.0564 e. The normalized spacial score (nSPS) is 23.5. The summed E-state index contributed by atoms with van der Waals surface area (Å²) >= 11 is 0. The van der Waals surface area contributed by atoms with Crippen molar-refractivity contribution in [3.63, 3.8) is 0 Å². The van der Waals surface area contributed by atoms with E-state index in [-0.39, 0.29) is 10.8 Å². The first-order chi connectivity index (χ1) is 6.55. The van der Waals surface area contributed by atoms with E-state index in [0.717, 1.165) is 0 Å². The molecular weight excluding hydrogens is 180 g/mol. The molecular formula is C15H25. The lowest BCUT2D eigenvalue weighted by Gasteiger charge is -2.32. The minimum atomic E-state index is 0.241. The summed E-state index contributed by atoms with van der Waals surface area (Å²) in [6, 6.07) is 0. The van der Waals surface area contributed by atoms with Crippen LogP contribution in [0.25, 0.3) is 0 Å². The molecule has 0 bridgehead atoms. The molecule has 1 aliphatic rings. The molecule has 0 saturated carbocycles. The molecule has 1 atom stereocenters. The Hall–Kier alpha value is -0.520. The maximum absolute atomic E-state index is 3.57. The van der Waals surface area contributed by atoms with Crippen molar-refractivity contribution in [1.82, 2.24) is 0 Å². The van der Waals surface area contributed by atoms with E-state index in [2.05, 4.69) is 61.5 Å². The highest BCUT2D eigenvalue weighted by molar-refractivity contribution is 5.46. The zero-order valence-corrected chi connectivity index (χ0v) is 11.6. The summed E-state index contributed by atoms with van der Waals surface area (Å²) in [6.45, 7) is 18.3. The Labute approximate surface area is 95.5 Å². The van der Waals surface area contributed by atoms with Crippen LogP contribution < -0.4 is 0 Å². The standard InChI is InChI=1S/C15H25/c1-10-9-11(2)13(15(6,7)8)12(10)14(3,4)5/h10H,1-8H3. The number of hydrogen-bond acceptors (Lipinski definition) is 0. The number of rotatable bonds is 0. The van der Waals surface area contributed by atoms with Gasteiger partial charge in [0.2, 0.25) is 0 Å². The van der Waals surface area contributed by atoms with Crippen molar-refractivity contribution in [1.29, 1.82) is 0 Å². The molecule has 0 aliphatic heterocycles. The molecule has 1 unspecified atom stereocenters. The van der Waals surface area contributed by atoms with Gasteiger partial charge in [-0.25, -0.2) is 0 Å². The van der Waals surface area contributed by atoms with Crippen molar-refractivity contribution in [2.24, 2.45) is 16.7 Å². The third kappa shape index (κ3) is 2.35. The van der Waals surface area contributed by atoms with Gasteiger partial charge in [-0.15, -0.1) is 0 Å². The molecule has 0 aromatic heterocycles. The Kier molecular flexibility index (Phi) is 2.93. The smallest absolute Gasteiger partial charge is 0.00369 e. The van der Waals surface area contributed by atoms with E-state index in [1.807, 2.05) is 0 Å². The first-order valence-electron chi connectivity index (χ1n) is 5.90. The van der Waals surface area contributed by atoms with Crippen molar-refractivity contribution in [2.75, 3.05) is 0 Å². The third-order valence-corrected chi connectivity index (χ3v) is 3.07. The molecule has 1 aliphatic carbocycles. The summed E-state index contributed by atoms with van der Waals surface area (Å²) < 4.78 is 0. The molecule has 1 rings (SSSR count). The van der Waals surface area contributed by atoms with Crippen LogP contribution in [0.2, 0.25) is 0 Å². The quantitative estimate of drug-likeness (QED) is 0.534. The highest BCUT2D eigenvalue weighted by Gasteiger charge is 2.34. The third-order valence-electron chi connectivity index (χ3n) is 3.07. The summed E-state index contributed by atoms with van der Waals surface area (Å²) in [7, 11) is 0. The summed E-state index contributed by atoms with van der Waals surface area (Å²) in [6.07, 6.45) is 3.57. The zero-order valence-electron chi connectivity index (χ0n) is 11.6. The summed E-state index contributed by atoms with van der Waals surface area (Å²) in [5.41, 5.74) is 4.96. The van der Waals surface area contributed by atoms with Crippen LogP contribution in [0.1, 0.15) is 55.4 Å². The van der Waals surface area contributed by atoms with Crippen LogP contribution in [-0.4, -0.2) is 0 Å². The fourth-order valence-electron chi connectivity index (χ4n) is 2.88. The van der Waals surface area contributed by atoms with Crippen LogP contribution in [0, 0.1) is 22.8 Å². The molecule has 15 heavy (non-hydrogen) atoms. The van der Waals surface area contributed by atoms with E-state index in [4.69, 9.17) is 0 Å². The average molecular weight is 205 g/mol. The van der Waals surface area contributed by atoms with Gasteiger partial charge in [0.15, 0.2) is 0 Å². The first-order valence-corrected chi connectivity index (χ1v) is 5.90. The number of allylic oxidation sites excluding steroid dienone is 4. The minimum Gasteiger partial charge on any atom is -0.0564 e. The van der Waals surface area contributed by atoms with E-state index in [0.29, 0.717) is 5.92 Å². The van der Waals surface area contributed by atoms with Gasteiger partial charge in [0.1, 0.15) is 0 Å². The molecule has 85 valence electrons. The van der Waals surface area contributed by atoms with E-state index in [9.17, 15) is 0 Å². The van der Waals surface area contributed by atoms with Crippen LogP contribution in [0.15, 0.2) is 16.7 Å². The van der Waals surface area contributed by atoms with E-state index in [1.165, 1.54) is 11.1 Å². The molecule has 0 heteroatoms. The van der Waals surface area contributed by atoms with Crippen LogP contribution in [-0.2, 0) is 0 Å². The predicted molar refractivity (Wildman–Crippen MR) is 67.5 cm³/mol. The molecule has 0 amide bonds. The van der Waals surface area contributed by atoms with Crippen LogP contribution in [0.4, 0.5) is 0 Å². The number of hydrogen-bond donors (Lipinski definition) is 0. The lowest BCUT2D eigenvalue weighted by Crippen LogP contribution is -2.20. The molecule has 0 heterocycles. The van der Waals surface area contributed by atoms with Gasteiger partial charge in [0.05, 0.1) is 0 Å². The monoisotopic (exact) mass is 205 g/mol. The zero-order chi connectivity index (χ0) is 12.0. The summed E-state index contributed by atoms with van der Waals surface area (Å²) in [5.74, 6) is 0.485. The second-order valence-corrected chi connectivity index (χ2v) is 6.78. The van der Waals surface area contributed by atoms with Crippen molar-refractivity contribution in [3.8, 4) is 0 Å². The Bertz CT molecular complexity index is 313. The topological polar surface area (TPSA) is 0 Å². The average Bonchev–Trinajstić information content (AvgIpc) is 2.22. The fraction of sp³-hybridized carbons (Fsp3) is 0.733. The molecule has 0 N–H and O–H groups in total. The molecule has 0 aromatic rings. The van der Waals surface area contributed by atoms with Crippen molar-refractivity contribution >= 4 is 0 Å². The first kappa shape index (κ1) is 12.5. The van der Waals surface area contributed by atoms with Gasteiger partial charge in [-0.1, -0.05) is 54.0 Å². The van der Waals surface area contributed by atoms with Gasteiger partial charge < -0.3 is 0 Å². The Morgan fingerprint density at radius 1 is 0.933 bits per heavy atom. The van der Waals surface area contributed by atoms with Gasteiger partial charge >= 0.3 is 0 Å². The Morgan fingerprint density at radius 3 is 1.67 bits per heavy atom. The SMILES string of the molecule is CC1=[C]C(C)C(C(C)(C)C)=C1C(C)(C)C. The molecule has 0 fully saturated rings. The molecule has 0 saturated heterocycles. The highest BCUT2D eigenvalue weighted by Crippen LogP contribution is 2.47. The lowest BCUT2D eigenvalue weighted by molar-refractivity contribution is 0.428. The van der Waals surface area contributed by atoms with Crippen LogP contribution >= 0.6 is 0 Å². The van der Waals surface area contributed by atoms with Gasteiger partial charge in [-0.05, 0) is 35.0 Å². The molecule has 1 radical (unpaired) electrons. The summed E-state index contributed by atoms with van der Waals surface area (Å²) in [4.78, 5) is 0. The van der Waals surface area contributed by atoms with E-state index < -0.39 is 0 Å². The van der Waals surface area contributed by atoms with Crippen molar-refractivity contribution in [3.05, 3.63) is 22.8 Å². The minimum absolute atomic E-state index is 0.241. The molecule has 0 spiro atoms. The lowest BCUT2D eigenvalue weighted by atomic mass is 9.73. The van der Waals surface area contributed by atoms with Gasteiger partial charge in [0.25, 0.3) is 0 Å². The second-order valence-electron chi connectivity index (χ2n) is 6.78. The fourth-order valence-corrected chi connectivity index (χ4v) is 2.88. The van der Waals surface area contributed by atoms with Crippen molar-refractivity contribution in [2.45, 2.75) is 55.4 Å². The molecule has 0 aromatic carbocycles. The Morgan fingerprint density at radius 2 is 1.40 bits per heavy atom. The van der Waals surface area contributed by atoms with E-state index in [1.54, 1.807) is 5.57 Å². The van der Waals surface area contributed by atoms with Crippen molar-refractivity contribution < 1.29 is 0 Å². The van der Waals surface area contributed by atoms with Gasteiger partial charge in [-0.2, -0.15) is 0 Å². The van der Waals surface area contributed by atoms with E-state index >= 15 is 0 Å². The maximum Gasteiger partial charge on any atom is 0.00369 e. The van der Waals surface area contributed by atoms with Crippen LogP contribution in [0.5, 0.6) is 0 Å². The molecule has 0 nitrogen and oxygen atoms in total. The van der Waals surface area contributed by atoms with Crippen LogP contribution in [0.3, 0.4) is 0 Å². The van der Waals surface area contributed by atoms with Gasteiger partial charge in [0, 0.05) is 5.92 Å². The summed E-state index contributed by atoms with van der Waals surface area (Å²) in [5, 5.41) is 0. The maximum atomic E-state index is 3.57. The Balaban J connectivity index is 3.36. The van der Waals surface area contributed by atoms with Gasteiger partial charge in [-0.3, -0.25) is 0 Å². The predicted octanol–water partition coefficient (Wildman–Crippen LogP) is 4.77. The second kappa shape index (κ2) is 3.50.